The third-order valence-electron chi connectivity index (χ3n) is 5.20. The van der Waals surface area contributed by atoms with Crippen LogP contribution in [-0.4, -0.2) is 35.1 Å². The van der Waals surface area contributed by atoms with E-state index < -0.39 is 0 Å². The fourth-order valence-corrected chi connectivity index (χ4v) is 4.59. The fraction of sp³-hybridized carbons (Fsp3) is 0.381. The molecule has 0 unspecified atom stereocenters. The number of anilines is 1. The molecule has 2 aromatic heterocycles. The van der Waals surface area contributed by atoms with Gasteiger partial charge in [-0.15, -0.1) is 11.3 Å². The highest BCUT2D eigenvalue weighted by molar-refractivity contribution is 7.20. The minimum atomic E-state index is -0.310. The summed E-state index contributed by atoms with van der Waals surface area (Å²) in [5.74, 6) is 0.216. The molecular formula is C21H23FN4O2S. The molecule has 0 spiro atoms. The van der Waals surface area contributed by atoms with Crippen LogP contribution in [-0.2, 0) is 11.3 Å². The van der Waals surface area contributed by atoms with Crippen LogP contribution in [0.25, 0.3) is 10.2 Å². The summed E-state index contributed by atoms with van der Waals surface area (Å²) in [5.41, 5.74) is 2.54. The summed E-state index contributed by atoms with van der Waals surface area (Å²) in [7, 11) is 0. The fourth-order valence-electron chi connectivity index (χ4n) is 3.52. The summed E-state index contributed by atoms with van der Waals surface area (Å²) in [6.45, 7) is 5.56. The van der Waals surface area contributed by atoms with Gasteiger partial charge in [-0.25, -0.2) is 14.4 Å². The zero-order valence-electron chi connectivity index (χ0n) is 16.4. The maximum atomic E-state index is 13.5. The molecule has 0 aliphatic carbocycles. The van der Waals surface area contributed by atoms with Crippen molar-refractivity contribution in [2.45, 2.75) is 39.3 Å². The Labute approximate surface area is 172 Å². The number of benzene rings is 1. The van der Waals surface area contributed by atoms with E-state index in [2.05, 4.69) is 20.6 Å². The predicted molar refractivity (Wildman–Crippen MR) is 112 cm³/mol. The maximum Gasteiger partial charge on any atom is 0.261 e. The molecule has 0 radical (unpaired) electrons. The van der Waals surface area contributed by atoms with Gasteiger partial charge in [0.15, 0.2) is 0 Å². The second-order valence-corrected chi connectivity index (χ2v) is 8.23. The van der Waals surface area contributed by atoms with E-state index >= 15 is 0 Å². The Morgan fingerprint density at radius 1 is 1.34 bits per heavy atom. The lowest BCUT2D eigenvalue weighted by molar-refractivity contribution is 0.0954. The molecule has 152 valence electrons. The van der Waals surface area contributed by atoms with Crippen molar-refractivity contribution in [2.75, 3.05) is 18.5 Å². The van der Waals surface area contributed by atoms with Crippen molar-refractivity contribution in [1.29, 1.82) is 0 Å². The van der Waals surface area contributed by atoms with E-state index in [0.29, 0.717) is 11.4 Å². The number of hydrogen-bond acceptors (Lipinski definition) is 6. The predicted octanol–water partition coefficient (Wildman–Crippen LogP) is 3.97. The molecule has 1 aliphatic heterocycles. The molecule has 6 nitrogen and oxygen atoms in total. The third-order valence-corrected chi connectivity index (χ3v) is 6.40. The quantitative estimate of drug-likeness (QED) is 0.638. The second kappa shape index (κ2) is 8.42. The van der Waals surface area contributed by atoms with Crippen molar-refractivity contribution >= 4 is 33.3 Å². The highest BCUT2D eigenvalue weighted by atomic mass is 32.1. The highest BCUT2D eigenvalue weighted by Crippen LogP contribution is 2.33. The SMILES string of the molecule is Cc1ccc(F)cc1CNC(=O)c1sc2ncnc(NC[C@H]3CCCO3)c2c1C. The molecule has 0 saturated carbocycles. The zero-order valence-corrected chi connectivity index (χ0v) is 17.2. The molecule has 8 heteroatoms. The van der Waals surface area contributed by atoms with Crippen LogP contribution in [0.3, 0.4) is 0 Å². The van der Waals surface area contributed by atoms with Gasteiger partial charge in [0.1, 0.15) is 22.8 Å². The van der Waals surface area contributed by atoms with Crippen LogP contribution in [0.2, 0.25) is 0 Å². The Kier molecular flexibility index (Phi) is 5.73. The van der Waals surface area contributed by atoms with E-state index in [-0.39, 0.29) is 24.4 Å². The van der Waals surface area contributed by atoms with Gasteiger partial charge in [0.2, 0.25) is 0 Å². The van der Waals surface area contributed by atoms with Crippen molar-refractivity contribution in [2.24, 2.45) is 0 Å². The molecule has 29 heavy (non-hydrogen) atoms. The largest absolute Gasteiger partial charge is 0.376 e. The van der Waals surface area contributed by atoms with Gasteiger partial charge in [-0.05, 0) is 55.5 Å². The number of carbonyl (C=O) groups excluding carboxylic acids is 1. The number of carbonyl (C=O) groups is 1. The third kappa shape index (κ3) is 4.23. The molecule has 1 amide bonds. The average molecular weight is 415 g/mol. The monoisotopic (exact) mass is 414 g/mol. The van der Waals surface area contributed by atoms with Gasteiger partial charge in [-0.2, -0.15) is 0 Å². The van der Waals surface area contributed by atoms with Crippen molar-refractivity contribution in [3.63, 3.8) is 0 Å². The lowest BCUT2D eigenvalue weighted by atomic mass is 10.1. The number of amides is 1. The number of nitrogens with zero attached hydrogens (tertiary/aromatic N) is 2. The van der Waals surface area contributed by atoms with Gasteiger partial charge in [0, 0.05) is 19.7 Å². The van der Waals surface area contributed by atoms with E-state index in [1.54, 1.807) is 6.07 Å². The number of fused-ring (bicyclic) bond motifs is 1. The summed E-state index contributed by atoms with van der Waals surface area (Å²) in [6, 6.07) is 4.58. The molecular weight excluding hydrogens is 391 g/mol. The maximum absolute atomic E-state index is 13.5. The van der Waals surface area contributed by atoms with Crippen LogP contribution in [0, 0.1) is 19.7 Å². The molecule has 4 rings (SSSR count). The molecule has 0 bridgehead atoms. The first-order chi connectivity index (χ1) is 14.0. The average Bonchev–Trinajstić information content (AvgIpc) is 3.35. The number of nitrogens with one attached hydrogen (secondary N) is 2. The van der Waals surface area contributed by atoms with Gasteiger partial charge in [-0.3, -0.25) is 4.79 Å². The Balaban J connectivity index is 1.52. The second-order valence-electron chi connectivity index (χ2n) is 7.23. The van der Waals surface area contributed by atoms with Gasteiger partial charge >= 0.3 is 0 Å². The van der Waals surface area contributed by atoms with Crippen LogP contribution in [0.4, 0.5) is 10.2 Å². The number of hydrogen-bond donors (Lipinski definition) is 2. The van der Waals surface area contributed by atoms with Crippen LogP contribution in [0.15, 0.2) is 24.5 Å². The highest BCUT2D eigenvalue weighted by Gasteiger charge is 2.21. The zero-order chi connectivity index (χ0) is 20.4. The van der Waals surface area contributed by atoms with E-state index in [4.69, 9.17) is 4.74 Å². The normalized spacial score (nSPS) is 16.3. The lowest BCUT2D eigenvalue weighted by Gasteiger charge is -2.12. The van der Waals surface area contributed by atoms with Crippen LogP contribution in [0.5, 0.6) is 0 Å². The summed E-state index contributed by atoms with van der Waals surface area (Å²) in [6.07, 6.45) is 3.82. The minimum Gasteiger partial charge on any atom is -0.376 e. The lowest BCUT2D eigenvalue weighted by Crippen LogP contribution is -2.23. The van der Waals surface area contributed by atoms with Crippen LogP contribution < -0.4 is 10.6 Å². The molecule has 2 N–H and O–H groups in total. The van der Waals surface area contributed by atoms with Crippen LogP contribution >= 0.6 is 11.3 Å². The summed E-state index contributed by atoms with van der Waals surface area (Å²) >= 11 is 1.34. The molecule has 3 aromatic rings. The van der Waals surface area contributed by atoms with E-state index in [9.17, 15) is 9.18 Å². The Morgan fingerprint density at radius 3 is 3.00 bits per heavy atom. The van der Waals surface area contributed by atoms with E-state index in [1.807, 2.05) is 13.8 Å². The van der Waals surface area contributed by atoms with Gasteiger partial charge in [-0.1, -0.05) is 6.07 Å². The Hall–Kier alpha value is -2.58. The Bertz CT molecular complexity index is 1050. The number of aromatic nitrogens is 2. The molecule has 1 fully saturated rings. The minimum absolute atomic E-state index is 0.191. The summed E-state index contributed by atoms with van der Waals surface area (Å²) < 4.78 is 19.1. The number of halogens is 1. The number of rotatable bonds is 6. The first kappa shape index (κ1) is 19.7. The summed E-state index contributed by atoms with van der Waals surface area (Å²) in [4.78, 5) is 22.9. The van der Waals surface area contributed by atoms with E-state index in [0.717, 1.165) is 52.2 Å². The van der Waals surface area contributed by atoms with Crippen molar-refractivity contribution < 1.29 is 13.9 Å². The summed E-state index contributed by atoms with van der Waals surface area (Å²) in [5, 5.41) is 7.11. The Morgan fingerprint density at radius 2 is 2.21 bits per heavy atom. The first-order valence-corrected chi connectivity index (χ1v) is 10.5. The van der Waals surface area contributed by atoms with Crippen LogP contribution in [0.1, 0.15) is 39.2 Å². The van der Waals surface area contributed by atoms with Crippen molar-refractivity contribution in [1.82, 2.24) is 15.3 Å². The van der Waals surface area contributed by atoms with Gasteiger partial charge in [0.05, 0.1) is 16.4 Å². The van der Waals surface area contributed by atoms with E-state index in [1.165, 1.54) is 29.8 Å². The smallest absolute Gasteiger partial charge is 0.261 e. The van der Waals surface area contributed by atoms with Crippen molar-refractivity contribution in [3.05, 3.63) is 51.9 Å². The number of thiophene rings is 1. The first-order valence-electron chi connectivity index (χ1n) is 9.65. The number of aryl methyl sites for hydroxylation is 2. The molecule has 1 atom stereocenters. The molecule has 1 aromatic carbocycles. The van der Waals surface area contributed by atoms with Gasteiger partial charge in [0.25, 0.3) is 5.91 Å². The topological polar surface area (TPSA) is 76.1 Å². The standard InChI is InChI=1S/C21H23FN4O2S/c1-12-5-6-15(22)8-14(12)9-24-20(27)18-13(2)17-19(25-11-26-21(17)29-18)23-10-16-4-3-7-28-16/h5-6,8,11,16H,3-4,7,9-10H2,1-2H3,(H,24,27)(H,23,25,26)/t16-/m1/s1. The molecule has 1 aliphatic rings. The van der Waals surface area contributed by atoms with Gasteiger partial charge < -0.3 is 15.4 Å². The number of ether oxygens (including phenoxy) is 1. The molecule has 1 saturated heterocycles. The van der Waals surface area contributed by atoms with Crippen molar-refractivity contribution in [3.8, 4) is 0 Å². The molecule has 3 heterocycles.